The van der Waals surface area contributed by atoms with E-state index in [0.29, 0.717) is 0 Å². The molecule has 1 aliphatic carbocycles. The Hall–Kier alpha value is -4.37. The number of unbranched alkanes of at least 4 members (excludes halogenated alkanes) is 1. The van der Waals surface area contributed by atoms with E-state index in [4.69, 9.17) is 0 Å². The lowest BCUT2D eigenvalue weighted by Gasteiger charge is -2.47. The van der Waals surface area contributed by atoms with Gasteiger partial charge in [0.05, 0.1) is 21.9 Å². The van der Waals surface area contributed by atoms with Crippen molar-refractivity contribution >= 4 is 21.5 Å². The Morgan fingerprint density at radius 2 is 1.41 bits per heavy atom. The van der Waals surface area contributed by atoms with Crippen LogP contribution in [-0.2, 0) is 22.9 Å². The van der Waals surface area contributed by atoms with Crippen LogP contribution >= 0.6 is 0 Å². The SMILES string of the molecule is CCCCc1ccc2c3c4[n+](ccc13)C(CC)(CC)C1(c3ccccc3-c3c5ccccc5cc[n+]31)c1ccc(F)c(c1-4)C2(C)C. The summed E-state index contributed by atoms with van der Waals surface area (Å²) in [5, 5.41) is 5.13. The third-order valence-corrected chi connectivity index (χ3v) is 12.2. The number of rotatable bonds is 5. The molecule has 0 bridgehead atoms. The van der Waals surface area contributed by atoms with E-state index < -0.39 is 11.0 Å². The average molecular weight is 605 g/mol. The quantitative estimate of drug-likeness (QED) is 0.173. The van der Waals surface area contributed by atoms with Crippen molar-refractivity contribution in [3.63, 3.8) is 0 Å². The van der Waals surface area contributed by atoms with Gasteiger partial charge in [-0.1, -0.05) is 89.6 Å². The van der Waals surface area contributed by atoms with E-state index in [0.717, 1.165) is 43.2 Å². The molecule has 4 heterocycles. The number of fused-ring (bicyclic) bond motifs is 8. The molecular formula is C43H41FN2+2. The molecular weight excluding hydrogens is 563 g/mol. The van der Waals surface area contributed by atoms with E-state index in [9.17, 15) is 0 Å². The second kappa shape index (κ2) is 9.35. The maximum absolute atomic E-state index is 16.6. The Morgan fingerprint density at radius 1 is 0.674 bits per heavy atom. The monoisotopic (exact) mass is 604 g/mol. The Kier molecular flexibility index (Phi) is 5.67. The minimum atomic E-state index is -0.580. The Bertz CT molecular complexity index is 2270. The highest BCUT2D eigenvalue weighted by atomic mass is 19.1. The van der Waals surface area contributed by atoms with Gasteiger partial charge in [0, 0.05) is 47.1 Å². The summed E-state index contributed by atoms with van der Waals surface area (Å²) in [6, 6.07) is 31.0. The van der Waals surface area contributed by atoms with Crippen molar-refractivity contribution in [2.24, 2.45) is 0 Å². The van der Waals surface area contributed by atoms with Crippen LogP contribution in [0.15, 0.2) is 97.3 Å². The van der Waals surface area contributed by atoms with Gasteiger partial charge in [-0.15, -0.1) is 0 Å². The van der Waals surface area contributed by atoms with Gasteiger partial charge in [0.25, 0.3) is 5.54 Å². The molecule has 0 saturated heterocycles. The van der Waals surface area contributed by atoms with Gasteiger partial charge in [0.1, 0.15) is 5.82 Å². The molecule has 2 nitrogen and oxygen atoms in total. The van der Waals surface area contributed by atoms with Gasteiger partial charge in [-0.05, 0) is 59.0 Å². The van der Waals surface area contributed by atoms with E-state index in [1.54, 1.807) is 6.07 Å². The number of benzene rings is 4. The highest BCUT2D eigenvalue weighted by molar-refractivity contribution is 6.03. The van der Waals surface area contributed by atoms with Gasteiger partial charge < -0.3 is 0 Å². The topological polar surface area (TPSA) is 7.76 Å². The molecule has 46 heavy (non-hydrogen) atoms. The first-order valence-electron chi connectivity index (χ1n) is 17.3. The lowest BCUT2D eigenvalue weighted by molar-refractivity contribution is -0.855. The van der Waals surface area contributed by atoms with Gasteiger partial charge in [0.15, 0.2) is 12.4 Å². The zero-order valence-corrected chi connectivity index (χ0v) is 27.5. The average Bonchev–Trinajstić information content (AvgIpc) is 3.38. The Labute approximate surface area is 271 Å². The molecule has 1 atom stereocenters. The summed E-state index contributed by atoms with van der Waals surface area (Å²) in [7, 11) is 0. The van der Waals surface area contributed by atoms with Crippen LogP contribution in [0.3, 0.4) is 0 Å². The highest BCUT2D eigenvalue weighted by Crippen LogP contribution is 2.61. The van der Waals surface area contributed by atoms with Crippen molar-refractivity contribution in [1.82, 2.24) is 0 Å². The predicted octanol–water partition coefficient (Wildman–Crippen LogP) is 9.66. The van der Waals surface area contributed by atoms with Gasteiger partial charge in [-0.2, -0.15) is 9.13 Å². The lowest BCUT2D eigenvalue weighted by Crippen LogP contribution is -2.79. The summed E-state index contributed by atoms with van der Waals surface area (Å²) in [5.41, 5.74) is 9.38. The van der Waals surface area contributed by atoms with Crippen LogP contribution in [0.25, 0.3) is 44.1 Å². The standard InChI is InChI=1S/C43H41FN2/c1-6-9-14-27-19-20-33-36-29(27)24-26-45-40(36)37-34(21-22-35(44)38(37)41(33,4)5)43(42(45,7-2)8-3)32-18-13-12-17-31(32)39-30-16-11-10-15-28(30)23-25-46(39)43/h10-13,15-26H,6-9,14H2,1-5H3/q+2. The smallest absolute Gasteiger partial charge is 0.207 e. The van der Waals surface area contributed by atoms with Crippen LogP contribution in [0.4, 0.5) is 4.39 Å². The molecule has 0 amide bonds. The molecule has 3 aliphatic rings. The molecule has 6 aromatic rings. The van der Waals surface area contributed by atoms with Gasteiger partial charge in [-0.3, -0.25) is 0 Å². The van der Waals surface area contributed by atoms with E-state index in [1.165, 1.54) is 60.8 Å². The summed E-state index contributed by atoms with van der Waals surface area (Å²) in [6.45, 7) is 11.5. The number of hydrogen-bond acceptors (Lipinski definition) is 0. The van der Waals surface area contributed by atoms with Crippen LogP contribution in [0, 0.1) is 5.82 Å². The lowest BCUT2D eigenvalue weighted by atomic mass is 9.58. The summed E-state index contributed by atoms with van der Waals surface area (Å²) < 4.78 is 21.8. The maximum atomic E-state index is 16.6. The summed E-state index contributed by atoms with van der Waals surface area (Å²) in [4.78, 5) is 0. The van der Waals surface area contributed by atoms with E-state index in [2.05, 4.69) is 135 Å². The van der Waals surface area contributed by atoms with Gasteiger partial charge in [0.2, 0.25) is 16.9 Å². The Morgan fingerprint density at radius 3 is 2.22 bits per heavy atom. The number of hydrogen-bond donors (Lipinski definition) is 0. The summed E-state index contributed by atoms with van der Waals surface area (Å²) in [6.07, 6.45) is 9.90. The normalized spacial score (nSPS) is 19.1. The summed E-state index contributed by atoms with van der Waals surface area (Å²) >= 11 is 0. The van der Waals surface area contributed by atoms with Crippen molar-refractivity contribution < 1.29 is 13.5 Å². The fourth-order valence-corrected chi connectivity index (χ4v) is 10.2. The fourth-order valence-electron chi connectivity index (χ4n) is 10.2. The third kappa shape index (κ3) is 2.99. The molecule has 0 fully saturated rings. The molecule has 0 radical (unpaired) electrons. The van der Waals surface area contributed by atoms with Crippen molar-refractivity contribution in [2.75, 3.05) is 0 Å². The third-order valence-electron chi connectivity index (χ3n) is 12.2. The van der Waals surface area contributed by atoms with E-state index in [1.807, 2.05) is 0 Å². The van der Waals surface area contributed by atoms with E-state index >= 15 is 4.39 Å². The molecule has 1 spiro atoms. The molecule has 0 saturated carbocycles. The van der Waals surface area contributed by atoms with Crippen molar-refractivity contribution in [3.8, 4) is 22.5 Å². The zero-order chi connectivity index (χ0) is 31.6. The first-order chi connectivity index (χ1) is 22.4. The second-order valence-electron chi connectivity index (χ2n) is 14.3. The maximum Gasteiger partial charge on any atom is 0.284 e. The van der Waals surface area contributed by atoms with Crippen LogP contribution < -0.4 is 9.13 Å². The number of nitrogens with zero attached hydrogens (tertiary/aromatic N) is 2. The van der Waals surface area contributed by atoms with Gasteiger partial charge >= 0.3 is 0 Å². The van der Waals surface area contributed by atoms with Crippen LogP contribution in [0.1, 0.15) is 88.1 Å². The van der Waals surface area contributed by atoms with Crippen LogP contribution in [0.2, 0.25) is 0 Å². The molecule has 0 N–H and O–H groups in total. The molecule has 9 rings (SSSR count). The fraction of sp³-hybridized carbons (Fsp3) is 0.302. The molecule has 2 aliphatic heterocycles. The molecule has 3 heteroatoms. The molecule has 228 valence electrons. The van der Waals surface area contributed by atoms with Gasteiger partial charge in [-0.25, -0.2) is 4.39 Å². The van der Waals surface area contributed by atoms with E-state index in [-0.39, 0.29) is 11.4 Å². The summed E-state index contributed by atoms with van der Waals surface area (Å²) in [5.74, 6) is -0.112. The zero-order valence-electron chi connectivity index (χ0n) is 27.5. The molecule has 4 aromatic carbocycles. The minimum Gasteiger partial charge on any atom is -0.207 e. The second-order valence-corrected chi connectivity index (χ2v) is 14.3. The van der Waals surface area contributed by atoms with Crippen molar-refractivity contribution in [3.05, 3.63) is 131 Å². The predicted molar refractivity (Wildman–Crippen MR) is 185 cm³/mol. The number of halogens is 1. The van der Waals surface area contributed by atoms with Crippen LogP contribution in [-0.4, -0.2) is 0 Å². The number of aryl methyl sites for hydroxylation is 1. The molecule has 2 aromatic heterocycles. The van der Waals surface area contributed by atoms with Crippen molar-refractivity contribution in [2.45, 2.75) is 83.2 Å². The number of aromatic nitrogens is 2. The van der Waals surface area contributed by atoms with Crippen molar-refractivity contribution in [1.29, 1.82) is 0 Å². The largest absolute Gasteiger partial charge is 0.284 e. The molecule has 1 unspecified atom stereocenters. The van der Waals surface area contributed by atoms with Crippen LogP contribution in [0.5, 0.6) is 0 Å². The Balaban J connectivity index is 1.54. The first kappa shape index (κ1) is 27.9. The minimum absolute atomic E-state index is 0.112. The highest BCUT2D eigenvalue weighted by Gasteiger charge is 2.74. The number of pyridine rings is 2. The first-order valence-corrected chi connectivity index (χ1v) is 17.3.